The molecule has 1 aliphatic heterocycles. The van der Waals surface area contributed by atoms with Crippen molar-refractivity contribution >= 4 is 11.9 Å². The van der Waals surface area contributed by atoms with Crippen LogP contribution in [0.25, 0.3) is 0 Å². The van der Waals surface area contributed by atoms with E-state index in [1.54, 1.807) is 31.2 Å². The Balaban J connectivity index is 1.89. The molecule has 1 aliphatic rings. The first-order valence-corrected chi connectivity index (χ1v) is 6.53. The highest BCUT2D eigenvalue weighted by molar-refractivity contribution is 5.79. The molecule has 114 valence electrons. The van der Waals surface area contributed by atoms with Crippen molar-refractivity contribution in [2.45, 2.75) is 19.1 Å². The Kier molecular flexibility index (Phi) is 5.13. The molecular formula is C14H17NO6. The predicted octanol–water partition coefficient (Wildman–Crippen LogP) is 0.260. The molecule has 7 nitrogen and oxygen atoms in total. The van der Waals surface area contributed by atoms with E-state index >= 15 is 0 Å². The molecule has 0 aliphatic carbocycles. The minimum atomic E-state index is -0.730. The Morgan fingerprint density at radius 2 is 1.90 bits per heavy atom. The maximum Gasteiger partial charge on any atom is 0.343 e. The molecule has 1 aromatic carbocycles. The van der Waals surface area contributed by atoms with Crippen molar-refractivity contribution in [3.05, 3.63) is 24.3 Å². The van der Waals surface area contributed by atoms with Gasteiger partial charge in [0.15, 0.2) is 12.2 Å². The first-order valence-electron chi connectivity index (χ1n) is 6.53. The molecular weight excluding hydrogens is 278 g/mol. The maximum absolute atomic E-state index is 11.8. The van der Waals surface area contributed by atoms with E-state index in [2.05, 4.69) is 0 Å². The topological polar surface area (TPSA) is 97.1 Å². The third-order valence-corrected chi connectivity index (χ3v) is 2.83. The lowest BCUT2D eigenvalue weighted by molar-refractivity contribution is -0.161. The van der Waals surface area contributed by atoms with Gasteiger partial charge in [-0.05, 0) is 31.2 Å². The van der Waals surface area contributed by atoms with Crippen LogP contribution in [-0.2, 0) is 19.1 Å². The molecule has 2 atom stereocenters. The lowest BCUT2D eigenvalue weighted by atomic mass is 10.3. The van der Waals surface area contributed by atoms with Gasteiger partial charge in [-0.1, -0.05) is 0 Å². The van der Waals surface area contributed by atoms with Gasteiger partial charge < -0.3 is 24.7 Å². The second-order valence-corrected chi connectivity index (χ2v) is 4.49. The zero-order valence-electron chi connectivity index (χ0n) is 11.6. The number of rotatable bonds is 5. The number of benzene rings is 1. The van der Waals surface area contributed by atoms with Gasteiger partial charge in [0.05, 0.1) is 19.8 Å². The standard InChI is InChI=1S/C14H17NO6/c1-9(13(15)16)20-10-2-4-11(5-3-10)21-14(17)12-8-18-6-7-19-12/h2-5,9,12H,6-8H2,1H3,(H2,15,16). The summed E-state index contributed by atoms with van der Waals surface area (Å²) in [6.45, 7) is 2.60. The van der Waals surface area contributed by atoms with Crippen molar-refractivity contribution in [1.82, 2.24) is 0 Å². The molecule has 0 bridgehead atoms. The smallest absolute Gasteiger partial charge is 0.343 e. The number of carbonyl (C=O) groups excluding carboxylic acids is 2. The minimum Gasteiger partial charge on any atom is -0.481 e. The third kappa shape index (κ3) is 4.44. The molecule has 21 heavy (non-hydrogen) atoms. The van der Waals surface area contributed by atoms with Crippen LogP contribution in [0.15, 0.2) is 24.3 Å². The fourth-order valence-corrected chi connectivity index (χ4v) is 1.65. The zero-order valence-corrected chi connectivity index (χ0v) is 11.6. The van der Waals surface area contributed by atoms with E-state index in [1.165, 1.54) is 0 Å². The van der Waals surface area contributed by atoms with Gasteiger partial charge in [-0.2, -0.15) is 0 Å². The summed E-state index contributed by atoms with van der Waals surface area (Å²) in [5, 5.41) is 0. The SMILES string of the molecule is CC(Oc1ccc(OC(=O)C2COCCO2)cc1)C(N)=O. The minimum absolute atomic E-state index is 0.191. The van der Waals surface area contributed by atoms with Crippen LogP contribution in [0.5, 0.6) is 11.5 Å². The number of esters is 1. The van der Waals surface area contributed by atoms with Gasteiger partial charge >= 0.3 is 5.97 Å². The molecule has 2 rings (SSSR count). The van der Waals surface area contributed by atoms with Gasteiger partial charge in [-0.25, -0.2) is 4.79 Å². The van der Waals surface area contributed by atoms with Gasteiger partial charge in [-0.15, -0.1) is 0 Å². The van der Waals surface area contributed by atoms with Crippen LogP contribution in [0.4, 0.5) is 0 Å². The van der Waals surface area contributed by atoms with Crippen molar-refractivity contribution < 1.29 is 28.5 Å². The van der Waals surface area contributed by atoms with Gasteiger partial charge in [0.2, 0.25) is 0 Å². The van der Waals surface area contributed by atoms with Crippen molar-refractivity contribution in [2.24, 2.45) is 5.73 Å². The second kappa shape index (κ2) is 7.05. The number of hydrogen-bond acceptors (Lipinski definition) is 6. The molecule has 1 fully saturated rings. The van der Waals surface area contributed by atoms with E-state index in [0.29, 0.717) is 24.7 Å². The Morgan fingerprint density at radius 3 is 2.48 bits per heavy atom. The first kappa shape index (κ1) is 15.3. The van der Waals surface area contributed by atoms with Crippen LogP contribution in [0, 0.1) is 0 Å². The number of carbonyl (C=O) groups is 2. The van der Waals surface area contributed by atoms with Gasteiger partial charge in [0, 0.05) is 0 Å². The largest absolute Gasteiger partial charge is 0.481 e. The predicted molar refractivity (Wildman–Crippen MR) is 71.9 cm³/mol. The summed E-state index contributed by atoms with van der Waals surface area (Å²) in [5.74, 6) is -0.250. The van der Waals surface area contributed by atoms with E-state index in [9.17, 15) is 9.59 Å². The highest BCUT2D eigenvalue weighted by atomic mass is 16.6. The molecule has 1 aromatic rings. The lowest BCUT2D eigenvalue weighted by Gasteiger charge is -2.21. The first-order chi connectivity index (χ1) is 10.1. The highest BCUT2D eigenvalue weighted by Crippen LogP contribution is 2.19. The fourth-order valence-electron chi connectivity index (χ4n) is 1.65. The molecule has 1 amide bonds. The van der Waals surface area contributed by atoms with Crippen LogP contribution in [0.1, 0.15) is 6.92 Å². The molecule has 2 N–H and O–H groups in total. The average molecular weight is 295 g/mol. The van der Waals surface area contributed by atoms with Crippen LogP contribution in [0.2, 0.25) is 0 Å². The van der Waals surface area contributed by atoms with Crippen LogP contribution in [-0.4, -0.2) is 43.9 Å². The molecule has 0 saturated carbocycles. The fraction of sp³-hybridized carbons (Fsp3) is 0.429. The van der Waals surface area contributed by atoms with Crippen molar-refractivity contribution in [2.75, 3.05) is 19.8 Å². The average Bonchev–Trinajstić information content (AvgIpc) is 2.50. The van der Waals surface area contributed by atoms with Crippen molar-refractivity contribution in [3.8, 4) is 11.5 Å². The summed E-state index contributed by atoms with van der Waals surface area (Å²) in [5.41, 5.74) is 5.10. The Labute approximate surface area is 121 Å². The zero-order chi connectivity index (χ0) is 15.2. The number of primary amides is 1. The molecule has 2 unspecified atom stereocenters. The van der Waals surface area contributed by atoms with E-state index in [-0.39, 0.29) is 6.61 Å². The van der Waals surface area contributed by atoms with Crippen molar-refractivity contribution in [1.29, 1.82) is 0 Å². The number of ether oxygens (including phenoxy) is 4. The summed E-state index contributed by atoms with van der Waals surface area (Å²) >= 11 is 0. The molecule has 1 saturated heterocycles. The van der Waals surface area contributed by atoms with E-state index in [4.69, 9.17) is 24.7 Å². The van der Waals surface area contributed by atoms with E-state index < -0.39 is 24.1 Å². The summed E-state index contributed by atoms with van der Waals surface area (Å²) in [4.78, 5) is 22.7. The Morgan fingerprint density at radius 1 is 1.24 bits per heavy atom. The van der Waals surface area contributed by atoms with Crippen LogP contribution in [0.3, 0.4) is 0 Å². The lowest BCUT2D eigenvalue weighted by Crippen LogP contribution is -2.38. The normalized spacial score (nSPS) is 19.6. The van der Waals surface area contributed by atoms with Crippen molar-refractivity contribution in [3.63, 3.8) is 0 Å². The Bertz CT molecular complexity index is 495. The van der Waals surface area contributed by atoms with Gasteiger partial charge in [0.1, 0.15) is 11.5 Å². The summed E-state index contributed by atoms with van der Waals surface area (Å²) in [6, 6.07) is 6.29. The quantitative estimate of drug-likeness (QED) is 0.618. The van der Waals surface area contributed by atoms with Gasteiger partial charge in [-0.3, -0.25) is 4.79 Å². The van der Waals surface area contributed by atoms with E-state index in [1.807, 2.05) is 0 Å². The second-order valence-electron chi connectivity index (χ2n) is 4.49. The van der Waals surface area contributed by atoms with Crippen LogP contribution < -0.4 is 15.2 Å². The maximum atomic E-state index is 11.8. The summed E-state index contributed by atoms with van der Waals surface area (Å²) in [7, 11) is 0. The number of nitrogens with two attached hydrogens (primary N) is 1. The molecule has 7 heteroatoms. The number of amides is 1. The van der Waals surface area contributed by atoms with Crippen LogP contribution >= 0.6 is 0 Å². The van der Waals surface area contributed by atoms with Gasteiger partial charge in [0.25, 0.3) is 5.91 Å². The molecule has 0 aromatic heterocycles. The monoisotopic (exact) mass is 295 g/mol. The molecule has 0 spiro atoms. The summed E-state index contributed by atoms with van der Waals surface area (Å²) in [6.07, 6.45) is -1.43. The third-order valence-electron chi connectivity index (χ3n) is 2.83. The number of hydrogen-bond donors (Lipinski definition) is 1. The summed E-state index contributed by atoms with van der Waals surface area (Å²) < 4.78 is 20.8. The Hall–Kier alpha value is -2.12. The molecule has 0 radical (unpaired) electrons. The van der Waals surface area contributed by atoms with E-state index in [0.717, 1.165) is 0 Å². The highest BCUT2D eigenvalue weighted by Gasteiger charge is 2.24. The molecule has 1 heterocycles.